The lowest BCUT2D eigenvalue weighted by atomic mass is 9.82. The molecule has 5 nitrogen and oxygen atoms in total. The van der Waals surface area contributed by atoms with E-state index in [0.717, 1.165) is 5.56 Å². The number of aliphatic carboxylic acids is 1. The first-order valence-electron chi connectivity index (χ1n) is 8.06. The molecule has 0 unspecified atom stereocenters. The molecule has 0 aliphatic heterocycles. The molecule has 1 amide bonds. The number of nitrogens with one attached hydrogen (secondary N) is 1. The molecule has 0 radical (unpaired) electrons. The Hall–Kier alpha value is -1.88. The zero-order valence-electron chi connectivity index (χ0n) is 14.4. The van der Waals surface area contributed by atoms with Gasteiger partial charge in [0.1, 0.15) is 0 Å². The lowest BCUT2D eigenvalue weighted by Crippen LogP contribution is -2.42. The van der Waals surface area contributed by atoms with Gasteiger partial charge >= 0.3 is 5.97 Å². The number of carboxylic acids is 1. The molecule has 0 spiro atoms. The summed E-state index contributed by atoms with van der Waals surface area (Å²) in [6.45, 7) is 8.23. The highest BCUT2D eigenvalue weighted by Crippen LogP contribution is 2.25. The van der Waals surface area contributed by atoms with Crippen molar-refractivity contribution >= 4 is 11.9 Å². The van der Waals surface area contributed by atoms with Crippen LogP contribution in [0.15, 0.2) is 24.3 Å². The average molecular weight is 321 g/mol. The number of benzene rings is 1. The fraction of sp³-hybridized carbons (Fsp3) is 0.556. The van der Waals surface area contributed by atoms with E-state index in [1.165, 1.54) is 0 Å². The molecule has 0 atom stereocenters. The van der Waals surface area contributed by atoms with Crippen LogP contribution >= 0.6 is 0 Å². The predicted octanol–water partition coefficient (Wildman–Crippen LogP) is 3.23. The van der Waals surface area contributed by atoms with Crippen molar-refractivity contribution in [3.8, 4) is 0 Å². The summed E-state index contributed by atoms with van der Waals surface area (Å²) in [5.74, 6) is -1.13. The van der Waals surface area contributed by atoms with Gasteiger partial charge in [0.2, 0.25) is 0 Å². The smallest absolute Gasteiger partial charge is 0.311 e. The SMILES string of the molecule is CCC(CC)(CNC(=O)c1ccc(COC(C)C)cc1)C(=O)O. The molecule has 1 rings (SSSR count). The molecule has 0 heterocycles. The Labute approximate surface area is 138 Å². The molecule has 23 heavy (non-hydrogen) atoms. The maximum Gasteiger partial charge on any atom is 0.311 e. The van der Waals surface area contributed by atoms with Crippen molar-refractivity contribution in [3.63, 3.8) is 0 Å². The second kappa shape index (κ2) is 8.67. The van der Waals surface area contributed by atoms with Crippen molar-refractivity contribution in [2.75, 3.05) is 6.54 Å². The number of carboxylic acid groups (broad SMARTS) is 1. The molecule has 0 saturated carbocycles. The average Bonchev–Trinajstić information content (AvgIpc) is 2.54. The highest BCUT2D eigenvalue weighted by atomic mass is 16.5. The van der Waals surface area contributed by atoms with Crippen LogP contribution in [0.2, 0.25) is 0 Å². The topological polar surface area (TPSA) is 75.6 Å². The van der Waals surface area contributed by atoms with E-state index in [4.69, 9.17) is 4.74 Å². The maximum absolute atomic E-state index is 12.2. The Kier molecular flexibility index (Phi) is 7.23. The molecule has 0 aliphatic rings. The molecule has 0 aliphatic carbocycles. The minimum Gasteiger partial charge on any atom is -0.481 e. The van der Waals surface area contributed by atoms with Crippen molar-refractivity contribution in [3.05, 3.63) is 35.4 Å². The van der Waals surface area contributed by atoms with Crippen molar-refractivity contribution < 1.29 is 19.4 Å². The normalized spacial score (nSPS) is 11.5. The van der Waals surface area contributed by atoms with Crippen molar-refractivity contribution in [2.24, 2.45) is 5.41 Å². The third-order valence-corrected chi connectivity index (χ3v) is 4.19. The summed E-state index contributed by atoms with van der Waals surface area (Å²) in [6, 6.07) is 7.16. The molecule has 1 aromatic rings. The van der Waals surface area contributed by atoms with Crippen molar-refractivity contribution in [1.82, 2.24) is 5.32 Å². The van der Waals surface area contributed by atoms with Gasteiger partial charge < -0.3 is 15.2 Å². The first-order chi connectivity index (χ1) is 10.8. The van der Waals surface area contributed by atoms with Crippen LogP contribution in [0.4, 0.5) is 0 Å². The molecule has 0 fully saturated rings. The lowest BCUT2D eigenvalue weighted by molar-refractivity contribution is -0.149. The summed E-state index contributed by atoms with van der Waals surface area (Å²) in [7, 11) is 0. The molecule has 2 N–H and O–H groups in total. The summed E-state index contributed by atoms with van der Waals surface area (Å²) in [6.07, 6.45) is 1.11. The highest BCUT2D eigenvalue weighted by Gasteiger charge is 2.35. The fourth-order valence-electron chi connectivity index (χ4n) is 2.24. The van der Waals surface area contributed by atoms with Crippen molar-refractivity contribution in [1.29, 1.82) is 0 Å². The van der Waals surface area contributed by atoms with E-state index in [0.29, 0.717) is 25.0 Å². The zero-order chi connectivity index (χ0) is 17.5. The van der Waals surface area contributed by atoms with Gasteiger partial charge in [0.25, 0.3) is 5.91 Å². The lowest BCUT2D eigenvalue weighted by Gasteiger charge is -2.26. The molecule has 0 bridgehead atoms. The summed E-state index contributed by atoms with van der Waals surface area (Å²) in [5, 5.41) is 12.1. The summed E-state index contributed by atoms with van der Waals surface area (Å²) in [4.78, 5) is 23.6. The molecule has 1 aromatic carbocycles. The van der Waals surface area contributed by atoms with E-state index in [-0.39, 0.29) is 18.6 Å². The third-order valence-electron chi connectivity index (χ3n) is 4.19. The van der Waals surface area contributed by atoms with E-state index in [1.807, 2.05) is 39.8 Å². The summed E-state index contributed by atoms with van der Waals surface area (Å²) in [5.41, 5.74) is 0.614. The van der Waals surface area contributed by atoms with Crippen LogP contribution in [0.25, 0.3) is 0 Å². The Balaban J connectivity index is 2.66. The van der Waals surface area contributed by atoms with E-state index < -0.39 is 11.4 Å². The van der Waals surface area contributed by atoms with E-state index in [2.05, 4.69) is 5.32 Å². The number of hydrogen-bond donors (Lipinski definition) is 2. The minimum absolute atomic E-state index is 0.131. The molecule has 0 aromatic heterocycles. The van der Waals surface area contributed by atoms with Gasteiger partial charge in [0.05, 0.1) is 18.1 Å². The second-order valence-corrected chi connectivity index (χ2v) is 6.03. The first-order valence-corrected chi connectivity index (χ1v) is 8.06. The minimum atomic E-state index is -0.902. The van der Waals surface area contributed by atoms with E-state index in [1.54, 1.807) is 12.1 Å². The fourth-order valence-corrected chi connectivity index (χ4v) is 2.24. The van der Waals surface area contributed by atoms with E-state index in [9.17, 15) is 14.7 Å². The summed E-state index contributed by atoms with van der Waals surface area (Å²) < 4.78 is 5.51. The number of carbonyl (C=O) groups excluding carboxylic acids is 1. The molecular weight excluding hydrogens is 294 g/mol. The second-order valence-electron chi connectivity index (χ2n) is 6.03. The zero-order valence-corrected chi connectivity index (χ0v) is 14.4. The Bertz CT molecular complexity index is 518. The Morgan fingerprint density at radius 1 is 1.17 bits per heavy atom. The molecule has 5 heteroatoms. The van der Waals surface area contributed by atoms with Crippen LogP contribution in [0.5, 0.6) is 0 Å². The summed E-state index contributed by atoms with van der Waals surface area (Å²) >= 11 is 0. The van der Waals surface area contributed by atoms with Crippen LogP contribution < -0.4 is 5.32 Å². The van der Waals surface area contributed by atoms with Crippen LogP contribution in [0.3, 0.4) is 0 Å². The van der Waals surface area contributed by atoms with Gasteiger partial charge in [0.15, 0.2) is 0 Å². The van der Waals surface area contributed by atoms with Crippen LogP contribution in [0.1, 0.15) is 56.5 Å². The van der Waals surface area contributed by atoms with Gasteiger partial charge in [-0.05, 0) is 44.4 Å². The standard InChI is InChI=1S/C18H27NO4/c1-5-18(6-2,17(21)22)12-19-16(20)15-9-7-14(8-10-15)11-23-13(3)4/h7-10,13H,5-6,11-12H2,1-4H3,(H,19,20)(H,21,22). The van der Waals surface area contributed by atoms with Crippen molar-refractivity contribution in [2.45, 2.75) is 53.2 Å². The Morgan fingerprint density at radius 2 is 1.74 bits per heavy atom. The number of carbonyl (C=O) groups is 2. The van der Waals surface area contributed by atoms with Gasteiger partial charge in [0, 0.05) is 12.1 Å². The van der Waals surface area contributed by atoms with Gasteiger partial charge in [-0.15, -0.1) is 0 Å². The largest absolute Gasteiger partial charge is 0.481 e. The van der Waals surface area contributed by atoms with Gasteiger partial charge in [-0.1, -0.05) is 26.0 Å². The molecule has 128 valence electrons. The van der Waals surface area contributed by atoms with Crippen LogP contribution in [-0.4, -0.2) is 29.6 Å². The quantitative estimate of drug-likeness (QED) is 0.732. The number of rotatable bonds is 9. The van der Waals surface area contributed by atoms with E-state index >= 15 is 0 Å². The monoisotopic (exact) mass is 321 g/mol. The van der Waals surface area contributed by atoms with Gasteiger partial charge in [-0.25, -0.2) is 0 Å². The molecule has 0 saturated heterocycles. The van der Waals surface area contributed by atoms with Gasteiger partial charge in [-0.3, -0.25) is 9.59 Å². The van der Waals surface area contributed by atoms with Crippen LogP contribution in [-0.2, 0) is 16.1 Å². The van der Waals surface area contributed by atoms with Crippen LogP contribution in [0, 0.1) is 5.41 Å². The predicted molar refractivity (Wildman–Crippen MR) is 89.4 cm³/mol. The number of ether oxygens (including phenoxy) is 1. The Morgan fingerprint density at radius 3 is 2.17 bits per heavy atom. The maximum atomic E-state index is 12.2. The van der Waals surface area contributed by atoms with Gasteiger partial charge in [-0.2, -0.15) is 0 Å². The first kappa shape index (κ1) is 19.2. The highest BCUT2D eigenvalue weighted by molar-refractivity contribution is 5.94. The number of amides is 1. The molecular formula is C18H27NO4. The number of hydrogen-bond acceptors (Lipinski definition) is 3. The third kappa shape index (κ3) is 5.36.